The molecule has 1 saturated heterocycles. The maximum atomic E-state index is 11.3. The SMILES string of the molecule is O=[N+]([O-])c1ccccc1NC(=S)N(C1CC1)C1CCN(CCc2ccccc2)CC1. The number of thiocarbonyl (C=S) groups is 1. The van der Waals surface area contributed by atoms with Gasteiger partial charge in [-0.2, -0.15) is 0 Å². The Morgan fingerprint density at radius 1 is 1.03 bits per heavy atom. The summed E-state index contributed by atoms with van der Waals surface area (Å²) in [5.41, 5.74) is 1.92. The van der Waals surface area contributed by atoms with E-state index in [-0.39, 0.29) is 10.6 Å². The number of nitro groups is 1. The lowest BCUT2D eigenvalue weighted by atomic mass is 10.0. The van der Waals surface area contributed by atoms with Crippen LogP contribution in [-0.2, 0) is 6.42 Å². The van der Waals surface area contributed by atoms with Gasteiger partial charge in [0.2, 0.25) is 0 Å². The van der Waals surface area contributed by atoms with Gasteiger partial charge in [0.1, 0.15) is 5.69 Å². The summed E-state index contributed by atoms with van der Waals surface area (Å²) in [5, 5.41) is 15.1. The number of nitrogens with one attached hydrogen (secondary N) is 1. The first-order valence-corrected chi connectivity index (χ1v) is 11.1. The number of nitro benzene ring substituents is 1. The number of para-hydroxylation sites is 2. The number of nitrogens with zero attached hydrogens (tertiary/aromatic N) is 3. The Morgan fingerprint density at radius 3 is 2.33 bits per heavy atom. The largest absolute Gasteiger partial charge is 0.343 e. The van der Waals surface area contributed by atoms with Crippen LogP contribution in [0.5, 0.6) is 0 Å². The highest BCUT2D eigenvalue weighted by atomic mass is 32.1. The number of likely N-dealkylation sites (tertiary alicyclic amines) is 1. The van der Waals surface area contributed by atoms with E-state index in [0.29, 0.717) is 22.9 Å². The molecule has 1 aliphatic carbocycles. The number of piperidine rings is 1. The normalized spacial score (nSPS) is 17.5. The molecule has 0 amide bonds. The van der Waals surface area contributed by atoms with Crippen molar-refractivity contribution in [1.82, 2.24) is 9.80 Å². The Kier molecular flexibility index (Phi) is 6.59. The van der Waals surface area contributed by atoms with E-state index in [0.717, 1.165) is 51.7 Å². The zero-order valence-electron chi connectivity index (χ0n) is 17.1. The Balaban J connectivity index is 1.34. The van der Waals surface area contributed by atoms with Gasteiger partial charge in [0, 0.05) is 37.8 Å². The molecule has 1 N–H and O–H groups in total. The summed E-state index contributed by atoms with van der Waals surface area (Å²) >= 11 is 5.72. The maximum Gasteiger partial charge on any atom is 0.292 e. The molecule has 1 heterocycles. The fraction of sp³-hybridized carbons (Fsp3) is 0.435. The first-order valence-electron chi connectivity index (χ1n) is 10.7. The van der Waals surface area contributed by atoms with Crippen molar-refractivity contribution in [3.8, 4) is 0 Å². The van der Waals surface area contributed by atoms with E-state index in [2.05, 4.69) is 45.4 Å². The molecular weight excluding hydrogens is 396 g/mol. The van der Waals surface area contributed by atoms with Crippen molar-refractivity contribution < 1.29 is 4.92 Å². The zero-order chi connectivity index (χ0) is 20.9. The third kappa shape index (κ3) is 5.15. The van der Waals surface area contributed by atoms with Crippen molar-refractivity contribution >= 4 is 28.7 Å². The summed E-state index contributed by atoms with van der Waals surface area (Å²) in [7, 11) is 0. The van der Waals surface area contributed by atoms with E-state index < -0.39 is 0 Å². The lowest BCUT2D eigenvalue weighted by molar-refractivity contribution is -0.383. The van der Waals surface area contributed by atoms with Gasteiger partial charge < -0.3 is 15.1 Å². The predicted molar refractivity (Wildman–Crippen MR) is 124 cm³/mol. The quantitative estimate of drug-likeness (QED) is 0.402. The molecular formula is C23H28N4O2S. The summed E-state index contributed by atoms with van der Waals surface area (Å²) < 4.78 is 0. The highest BCUT2D eigenvalue weighted by Crippen LogP contribution is 2.33. The molecule has 0 bridgehead atoms. The van der Waals surface area contributed by atoms with Crippen LogP contribution >= 0.6 is 12.2 Å². The Morgan fingerprint density at radius 2 is 1.67 bits per heavy atom. The van der Waals surface area contributed by atoms with Crippen LogP contribution < -0.4 is 5.32 Å². The number of hydrogen-bond acceptors (Lipinski definition) is 4. The Hall–Kier alpha value is -2.51. The highest BCUT2D eigenvalue weighted by Gasteiger charge is 2.37. The average Bonchev–Trinajstić information content (AvgIpc) is 3.59. The van der Waals surface area contributed by atoms with Gasteiger partial charge in [-0.1, -0.05) is 42.5 Å². The minimum Gasteiger partial charge on any atom is -0.343 e. The molecule has 0 unspecified atom stereocenters. The monoisotopic (exact) mass is 424 g/mol. The van der Waals surface area contributed by atoms with Gasteiger partial charge >= 0.3 is 0 Å². The number of rotatable bonds is 7. The predicted octanol–water partition coefficient (Wildman–Crippen LogP) is 4.46. The summed E-state index contributed by atoms with van der Waals surface area (Å²) in [5.74, 6) is 0. The summed E-state index contributed by atoms with van der Waals surface area (Å²) in [4.78, 5) is 15.8. The molecule has 6 nitrogen and oxygen atoms in total. The molecule has 30 heavy (non-hydrogen) atoms. The smallest absolute Gasteiger partial charge is 0.292 e. The lowest BCUT2D eigenvalue weighted by Gasteiger charge is -2.40. The van der Waals surface area contributed by atoms with E-state index in [1.54, 1.807) is 18.2 Å². The molecule has 1 aliphatic heterocycles. The topological polar surface area (TPSA) is 61.7 Å². The van der Waals surface area contributed by atoms with Crippen LogP contribution in [0.15, 0.2) is 54.6 Å². The molecule has 158 valence electrons. The van der Waals surface area contributed by atoms with Crippen LogP contribution in [-0.4, -0.2) is 51.6 Å². The van der Waals surface area contributed by atoms with Crippen LogP contribution in [0, 0.1) is 10.1 Å². The number of benzene rings is 2. The van der Waals surface area contributed by atoms with Crippen molar-refractivity contribution in [2.45, 2.75) is 44.2 Å². The molecule has 0 radical (unpaired) electrons. The average molecular weight is 425 g/mol. The molecule has 1 saturated carbocycles. The standard InChI is InChI=1S/C23H28N4O2S/c28-27(29)22-9-5-4-8-21(22)24-23(30)26(19-10-11-19)20-13-16-25(17-14-20)15-12-18-6-2-1-3-7-18/h1-9,19-20H,10-17H2,(H,24,30). The molecule has 2 aliphatic rings. The summed E-state index contributed by atoms with van der Waals surface area (Å²) in [6, 6.07) is 18.2. The third-order valence-electron chi connectivity index (χ3n) is 6.03. The van der Waals surface area contributed by atoms with Crippen LogP contribution in [0.1, 0.15) is 31.2 Å². The number of hydrogen-bond donors (Lipinski definition) is 1. The van der Waals surface area contributed by atoms with E-state index >= 15 is 0 Å². The molecule has 0 spiro atoms. The second-order valence-electron chi connectivity index (χ2n) is 8.15. The first kappa shape index (κ1) is 20.8. The van der Waals surface area contributed by atoms with Gasteiger partial charge in [-0.3, -0.25) is 10.1 Å². The van der Waals surface area contributed by atoms with Gasteiger partial charge in [0.05, 0.1) is 4.92 Å². The molecule has 2 aromatic rings. The van der Waals surface area contributed by atoms with Crippen LogP contribution in [0.4, 0.5) is 11.4 Å². The Bertz CT molecular complexity index is 880. The van der Waals surface area contributed by atoms with Gasteiger partial charge in [-0.05, 0) is 56.0 Å². The zero-order valence-corrected chi connectivity index (χ0v) is 17.9. The van der Waals surface area contributed by atoms with Crippen LogP contribution in [0.2, 0.25) is 0 Å². The van der Waals surface area contributed by atoms with E-state index in [4.69, 9.17) is 12.2 Å². The minimum absolute atomic E-state index is 0.0614. The third-order valence-corrected chi connectivity index (χ3v) is 6.34. The second-order valence-corrected chi connectivity index (χ2v) is 8.54. The van der Waals surface area contributed by atoms with Crippen molar-refractivity contribution in [3.05, 3.63) is 70.3 Å². The van der Waals surface area contributed by atoms with Gasteiger partial charge in [-0.25, -0.2) is 0 Å². The van der Waals surface area contributed by atoms with Crippen molar-refractivity contribution in [3.63, 3.8) is 0 Å². The molecule has 4 rings (SSSR count). The van der Waals surface area contributed by atoms with Crippen molar-refractivity contribution in [2.75, 3.05) is 25.0 Å². The molecule has 2 aromatic carbocycles. The Labute approximate surface area is 183 Å². The van der Waals surface area contributed by atoms with Crippen molar-refractivity contribution in [2.24, 2.45) is 0 Å². The minimum atomic E-state index is -0.363. The van der Waals surface area contributed by atoms with Crippen LogP contribution in [0.25, 0.3) is 0 Å². The molecule has 0 atom stereocenters. The van der Waals surface area contributed by atoms with Gasteiger partial charge in [0.15, 0.2) is 5.11 Å². The van der Waals surface area contributed by atoms with E-state index in [1.165, 1.54) is 11.6 Å². The van der Waals surface area contributed by atoms with E-state index in [1.807, 2.05) is 0 Å². The summed E-state index contributed by atoms with van der Waals surface area (Å²) in [6.45, 7) is 3.21. The maximum absolute atomic E-state index is 11.3. The summed E-state index contributed by atoms with van der Waals surface area (Å²) in [6.07, 6.45) is 5.52. The molecule has 7 heteroatoms. The fourth-order valence-corrected chi connectivity index (χ4v) is 4.66. The molecule has 0 aromatic heterocycles. The van der Waals surface area contributed by atoms with Gasteiger partial charge in [0.25, 0.3) is 5.69 Å². The second kappa shape index (κ2) is 9.53. The van der Waals surface area contributed by atoms with Crippen molar-refractivity contribution in [1.29, 1.82) is 0 Å². The van der Waals surface area contributed by atoms with Crippen LogP contribution in [0.3, 0.4) is 0 Å². The van der Waals surface area contributed by atoms with E-state index in [9.17, 15) is 10.1 Å². The molecule has 2 fully saturated rings. The lowest BCUT2D eigenvalue weighted by Crippen LogP contribution is -2.50. The highest BCUT2D eigenvalue weighted by molar-refractivity contribution is 7.80. The fourth-order valence-electron chi connectivity index (χ4n) is 4.25. The van der Waals surface area contributed by atoms with Gasteiger partial charge in [-0.15, -0.1) is 0 Å². The number of anilines is 1. The first-order chi connectivity index (χ1) is 14.6.